The van der Waals surface area contributed by atoms with Gasteiger partial charge in [-0.15, -0.1) is 0 Å². The van der Waals surface area contributed by atoms with Crippen molar-refractivity contribution >= 4 is 15.7 Å². The van der Waals surface area contributed by atoms with Gasteiger partial charge < -0.3 is 0 Å². The van der Waals surface area contributed by atoms with E-state index in [0.717, 1.165) is 12.1 Å². The molecule has 18 heavy (non-hydrogen) atoms. The normalized spacial score (nSPS) is 11.8. The highest BCUT2D eigenvalue weighted by Crippen LogP contribution is 2.21. The molecule has 1 aromatic carbocycles. The van der Waals surface area contributed by atoms with Crippen molar-refractivity contribution in [1.29, 1.82) is 0 Å². The van der Waals surface area contributed by atoms with Crippen LogP contribution in [0.5, 0.6) is 0 Å². The molecule has 0 radical (unpaired) electrons. The maximum absolute atomic E-state index is 13.1. The number of hydrogen-bond acceptors (Lipinski definition) is 4. The minimum atomic E-state index is -3.85. The van der Waals surface area contributed by atoms with Gasteiger partial charge in [-0.25, -0.2) is 13.1 Å². The first-order chi connectivity index (χ1) is 8.24. The molecule has 0 amide bonds. The number of halogens is 1. The lowest BCUT2D eigenvalue weighted by Gasteiger charge is -2.08. The summed E-state index contributed by atoms with van der Waals surface area (Å²) >= 11 is 0. The third kappa shape index (κ3) is 3.47. The number of nitrogens with one attached hydrogen (secondary N) is 1. The zero-order chi connectivity index (χ0) is 13.9. The molecule has 6 nitrogen and oxygen atoms in total. The van der Waals surface area contributed by atoms with Gasteiger partial charge in [-0.2, -0.15) is 4.39 Å². The predicted molar refractivity (Wildman–Crippen MR) is 63.1 cm³/mol. The first kappa shape index (κ1) is 14.5. The van der Waals surface area contributed by atoms with Gasteiger partial charge in [-0.1, -0.05) is 13.8 Å². The van der Waals surface area contributed by atoms with Crippen LogP contribution in [-0.2, 0) is 10.0 Å². The van der Waals surface area contributed by atoms with Crippen molar-refractivity contribution in [2.45, 2.75) is 18.7 Å². The van der Waals surface area contributed by atoms with Crippen molar-refractivity contribution in [3.8, 4) is 0 Å². The first-order valence-electron chi connectivity index (χ1n) is 5.17. The smallest absolute Gasteiger partial charge is 0.258 e. The summed E-state index contributed by atoms with van der Waals surface area (Å²) < 4.78 is 38.9. The van der Waals surface area contributed by atoms with Crippen molar-refractivity contribution in [3.05, 3.63) is 34.1 Å². The fourth-order valence-electron chi connectivity index (χ4n) is 1.16. The van der Waals surface area contributed by atoms with E-state index in [1.807, 2.05) is 13.8 Å². The third-order valence-electron chi connectivity index (χ3n) is 2.11. The van der Waals surface area contributed by atoms with Crippen LogP contribution >= 0.6 is 0 Å². The number of hydrogen-bond donors (Lipinski definition) is 1. The van der Waals surface area contributed by atoms with Crippen LogP contribution in [0, 0.1) is 21.8 Å². The van der Waals surface area contributed by atoms with Gasteiger partial charge in [0.05, 0.1) is 9.82 Å². The summed E-state index contributed by atoms with van der Waals surface area (Å²) in [5, 5.41) is 10.5. The quantitative estimate of drug-likeness (QED) is 0.654. The average molecular weight is 276 g/mol. The van der Waals surface area contributed by atoms with Crippen LogP contribution in [-0.4, -0.2) is 19.9 Å². The standard InChI is InChI=1S/C10H13FN2O4S/c1-7(2)6-12-18(16,17)8-3-4-9(11)10(5-8)13(14)15/h3-5,7,12H,6H2,1-2H3. The van der Waals surface area contributed by atoms with E-state index >= 15 is 0 Å². The van der Waals surface area contributed by atoms with Gasteiger partial charge >= 0.3 is 5.69 Å². The summed E-state index contributed by atoms with van der Waals surface area (Å²) in [5.74, 6) is -0.974. The second-order valence-corrected chi connectivity index (χ2v) is 5.88. The van der Waals surface area contributed by atoms with Crippen molar-refractivity contribution < 1.29 is 17.7 Å². The van der Waals surface area contributed by atoms with Gasteiger partial charge in [-0.3, -0.25) is 10.1 Å². The molecule has 0 saturated heterocycles. The van der Waals surface area contributed by atoms with E-state index in [-0.39, 0.29) is 17.4 Å². The van der Waals surface area contributed by atoms with E-state index in [9.17, 15) is 22.9 Å². The largest absolute Gasteiger partial charge is 0.306 e. The van der Waals surface area contributed by atoms with E-state index in [1.165, 1.54) is 0 Å². The highest BCUT2D eigenvalue weighted by molar-refractivity contribution is 7.89. The number of rotatable bonds is 5. The highest BCUT2D eigenvalue weighted by atomic mass is 32.2. The Labute approximate surface area is 104 Å². The van der Waals surface area contributed by atoms with Crippen LogP contribution in [0.15, 0.2) is 23.1 Å². The van der Waals surface area contributed by atoms with Gasteiger partial charge in [0.25, 0.3) is 0 Å². The van der Waals surface area contributed by atoms with Crippen LogP contribution in [0.3, 0.4) is 0 Å². The molecule has 0 unspecified atom stereocenters. The lowest BCUT2D eigenvalue weighted by molar-refractivity contribution is -0.387. The molecule has 0 fully saturated rings. The van der Waals surface area contributed by atoms with Crippen molar-refractivity contribution in [2.24, 2.45) is 5.92 Å². The summed E-state index contributed by atoms with van der Waals surface area (Å²) in [6, 6.07) is 2.46. The fourth-order valence-corrected chi connectivity index (χ4v) is 2.39. The number of nitrogens with zero attached hydrogens (tertiary/aromatic N) is 1. The van der Waals surface area contributed by atoms with Crippen LogP contribution < -0.4 is 4.72 Å². The molecular formula is C10H13FN2O4S. The minimum absolute atomic E-state index is 0.0928. The molecule has 100 valence electrons. The Kier molecular flexibility index (Phi) is 4.36. The summed E-state index contributed by atoms with van der Waals surface area (Å²) in [7, 11) is -3.85. The zero-order valence-electron chi connectivity index (χ0n) is 9.88. The van der Waals surface area contributed by atoms with Gasteiger partial charge in [0, 0.05) is 12.6 Å². The number of nitro benzene ring substituents is 1. The van der Waals surface area contributed by atoms with Crippen molar-refractivity contribution in [3.63, 3.8) is 0 Å². The Morgan fingerprint density at radius 3 is 2.56 bits per heavy atom. The second-order valence-electron chi connectivity index (χ2n) is 4.12. The summed E-state index contributed by atoms with van der Waals surface area (Å²) in [6.45, 7) is 3.83. The Hall–Kier alpha value is -1.54. The predicted octanol–water partition coefficient (Wildman–Crippen LogP) is 1.67. The maximum atomic E-state index is 13.1. The van der Waals surface area contributed by atoms with Gasteiger partial charge in [0.2, 0.25) is 15.8 Å². The van der Waals surface area contributed by atoms with Crippen LogP contribution in [0.4, 0.5) is 10.1 Å². The molecule has 0 atom stereocenters. The van der Waals surface area contributed by atoms with E-state index in [1.54, 1.807) is 0 Å². The Bertz CT molecular complexity index is 557. The molecule has 1 N–H and O–H groups in total. The van der Waals surface area contributed by atoms with E-state index in [2.05, 4.69) is 4.72 Å². The van der Waals surface area contributed by atoms with Crippen LogP contribution in [0.25, 0.3) is 0 Å². The molecule has 1 aromatic rings. The number of nitro groups is 1. The van der Waals surface area contributed by atoms with Crippen LogP contribution in [0.1, 0.15) is 13.8 Å². The summed E-state index contributed by atoms with van der Waals surface area (Å²) in [5.41, 5.74) is -0.859. The van der Waals surface area contributed by atoms with Gasteiger partial charge in [0.1, 0.15) is 0 Å². The molecule has 0 aromatic heterocycles. The monoisotopic (exact) mass is 276 g/mol. The van der Waals surface area contributed by atoms with Gasteiger partial charge in [-0.05, 0) is 18.1 Å². The minimum Gasteiger partial charge on any atom is -0.258 e. The molecule has 0 saturated carbocycles. The molecule has 8 heteroatoms. The Balaban J connectivity index is 3.10. The summed E-state index contributed by atoms with van der Waals surface area (Å²) in [4.78, 5) is 9.23. The number of sulfonamides is 1. The van der Waals surface area contributed by atoms with Gasteiger partial charge in [0.15, 0.2) is 0 Å². The van der Waals surface area contributed by atoms with E-state index in [4.69, 9.17) is 0 Å². The average Bonchev–Trinajstić information content (AvgIpc) is 2.26. The SMILES string of the molecule is CC(C)CNS(=O)(=O)c1ccc(F)c([N+](=O)[O-])c1. The van der Waals surface area contributed by atoms with Crippen LogP contribution in [0.2, 0.25) is 0 Å². The highest BCUT2D eigenvalue weighted by Gasteiger charge is 2.21. The zero-order valence-corrected chi connectivity index (χ0v) is 10.7. The van der Waals surface area contributed by atoms with Crippen molar-refractivity contribution in [2.75, 3.05) is 6.54 Å². The lowest BCUT2D eigenvalue weighted by Crippen LogP contribution is -2.27. The maximum Gasteiger partial charge on any atom is 0.306 e. The topological polar surface area (TPSA) is 89.3 Å². The molecule has 1 rings (SSSR count). The van der Waals surface area contributed by atoms with E-state index < -0.39 is 26.5 Å². The molecular weight excluding hydrogens is 263 g/mol. The molecule has 0 bridgehead atoms. The molecule has 0 aliphatic carbocycles. The summed E-state index contributed by atoms with van der Waals surface area (Å²) in [6.07, 6.45) is 0. The number of benzene rings is 1. The Morgan fingerprint density at radius 1 is 1.44 bits per heavy atom. The molecule has 0 aliphatic heterocycles. The third-order valence-corrected chi connectivity index (χ3v) is 3.53. The Morgan fingerprint density at radius 2 is 2.06 bits per heavy atom. The first-order valence-corrected chi connectivity index (χ1v) is 6.66. The second kappa shape index (κ2) is 5.40. The molecule has 0 heterocycles. The molecule has 0 aliphatic rings. The lowest BCUT2D eigenvalue weighted by atomic mass is 10.2. The van der Waals surface area contributed by atoms with Crippen molar-refractivity contribution in [1.82, 2.24) is 4.72 Å². The molecule has 0 spiro atoms. The van der Waals surface area contributed by atoms with E-state index in [0.29, 0.717) is 6.07 Å². The fraction of sp³-hybridized carbons (Fsp3) is 0.400.